The van der Waals surface area contributed by atoms with E-state index in [0.29, 0.717) is 41.9 Å². The molecule has 12 heteroatoms. The molecule has 1 saturated heterocycles. The van der Waals surface area contributed by atoms with Crippen molar-refractivity contribution in [1.29, 1.82) is 0 Å². The van der Waals surface area contributed by atoms with Gasteiger partial charge in [0.05, 0.1) is 24.1 Å². The molecule has 0 saturated carbocycles. The Labute approximate surface area is 271 Å². The van der Waals surface area contributed by atoms with E-state index < -0.39 is 11.5 Å². The Kier molecular flexibility index (Phi) is 8.93. The number of hydrogen-bond donors (Lipinski definition) is 1. The van der Waals surface area contributed by atoms with Crippen molar-refractivity contribution in [3.05, 3.63) is 53.6 Å². The fraction of sp³-hybridized carbons (Fsp3) is 0.485. The lowest BCUT2D eigenvalue weighted by atomic mass is 9.84. The molecule has 0 radical (unpaired) electrons. The second-order valence-electron chi connectivity index (χ2n) is 13.0. The van der Waals surface area contributed by atoms with Crippen molar-refractivity contribution in [3.8, 4) is 21.8 Å². The monoisotopic (exact) mass is 646 g/mol. The zero-order valence-electron chi connectivity index (χ0n) is 26.9. The zero-order valence-corrected chi connectivity index (χ0v) is 29.7. The van der Waals surface area contributed by atoms with Gasteiger partial charge in [0.15, 0.2) is 0 Å². The molecule has 5 heterocycles. The lowest BCUT2D eigenvalue weighted by Gasteiger charge is -2.35. The number of rotatable bonds is 4. The number of hydrazine groups is 1. The molecule has 1 aromatic carbocycles. The SMILES string of the molecule is CCn1c(-c2cccnc2[C@H](C)OC)c2c3cc(ccc31)-c1nc(ns1)C[C@H]([SiH3])C(=O)N1CCC[C@H](N1)C(=O)OCC(C)(C)C2. The Morgan fingerprint density at radius 2 is 2.09 bits per heavy atom. The highest BCUT2D eigenvalue weighted by molar-refractivity contribution is 7.09. The maximum Gasteiger partial charge on any atom is 0.324 e. The van der Waals surface area contributed by atoms with Crippen molar-refractivity contribution in [2.24, 2.45) is 5.41 Å². The van der Waals surface area contributed by atoms with Crippen LogP contribution in [0.25, 0.3) is 32.7 Å². The van der Waals surface area contributed by atoms with E-state index in [9.17, 15) is 9.59 Å². The smallest absolute Gasteiger partial charge is 0.324 e. The summed E-state index contributed by atoms with van der Waals surface area (Å²) in [4.78, 5) is 36.4. The minimum absolute atomic E-state index is 0.00554. The number of nitrogens with zero attached hydrogens (tertiary/aromatic N) is 5. The highest BCUT2D eigenvalue weighted by Gasteiger charge is 2.34. The third-order valence-corrected chi connectivity index (χ3v) is 10.6. The standard InChI is InChI=1S/C33H42N6O4SSi/c1-6-38-25-12-11-20-15-22(25)23(29(38)21-9-7-13-34-28(21)19(2)42-5)17-33(3,4)18-43-32(41)24-10-8-14-39(36-24)31(40)26(45)16-27-35-30(20)44-37-27/h7,9,11-13,15,19,24,26,36H,6,8,10,14,16-18H2,1-5,45H3/t19-,24-,26-/m0/s1. The molecule has 3 aromatic heterocycles. The van der Waals surface area contributed by atoms with Crippen LogP contribution in [0.2, 0.25) is 5.54 Å². The molecule has 238 valence electrons. The molecule has 4 aromatic rings. The van der Waals surface area contributed by atoms with Crippen LogP contribution in [0, 0.1) is 5.41 Å². The largest absolute Gasteiger partial charge is 0.464 e. The quantitative estimate of drug-likeness (QED) is 0.259. The van der Waals surface area contributed by atoms with Gasteiger partial charge in [-0.2, -0.15) is 4.37 Å². The number of carbonyl (C=O) groups is 2. The van der Waals surface area contributed by atoms with Crippen LogP contribution in [-0.4, -0.2) is 72.3 Å². The number of amides is 1. The molecular formula is C33H42N6O4SSi. The average molecular weight is 647 g/mol. The van der Waals surface area contributed by atoms with Gasteiger partial charge in [0.25, 0.3) is 0 Å². The van der Waals surface area contributed by atoms with Gasteiger partial charge in [0, 0.05) is 76.0 Å². The number of hydrogen-bond acceptors (Lipinski definition) is 9. The number of aryl methyl sites for hydroxylation is 1. The number of cyclic esters (lactones) is 1. The zero-order chi connectivity index (χ0) is 31.9. The molecule has 0 aliphatic carbocycles. The van der Waals surface area contributed by atoms with Gasteiger partial charge in [0.1, 0.15) is 16.9 Å². The van der Waals surface area contributed by atoms with E-state index in [2.05, 4.69) is 59.4 Å². The maximum atomic E-state index is 13.4. The summed E-state index contributed by atoms with van der Waals surface area (Å²) in [6.45, 7) is 10.0. The van der Waals surface area contributed by atoms with Gasteiger partial charge in [-0.25, -0.2) is 10.4 Å². The average Bonchev–Trinajstić information content (AvgIpc) is 3.64. The van der Waals surface area contributed by atoms with Gasteiger partial charge in [-0.3, -0.25) is 19.6 Å². The van der Waals surface area contributed by atoms with Crippen LogP contribution in [-0.2, 0) is 38.4 Å². The molecule has 0 spiro atoms. The topological polar surface area (TPSA) is 111 Å². The van der Waals surface area contributed by atoms with Crippen LogP contribution in [0.5, 0.6) is 0 Å². The number of benzene rings is 1. The molecule has 10 nitrogen and oxygen atoms in total. The first-order valence-corrected chi connectivity index (χ1v) is 17.7. The number of aromatic nitrogens is 4. The molecule has 0 unspecified atom stereocenters. The Bertz CT molecular complexity index is 1740. The summed E-state index contributed by atoms with van der Waals surface area (Å²) < 4.78 is 18.8. The number of ether oxygens (including phenoxy) is 2. The fourth-order valence-electron chi connectivity index (χ4n) is 6.52. The van der Waals surface area contributed by atoms with E-state index in [-0.39, 0.29) is 30.1 Å². The number of esters is 1. The second-order valence-corrected chi connectivity index (χ2v) is 15.1. The molecule has 6 rings (SSSR count). The number of pyridine rings is 1. The summed E-state index contributed by atoms with van der Waals surface area (Å²) in [5.74, 6) is 0.354. The summed E-state index contributed by atoms with van der Waals surface area (Å²) in [7, 11) is 2.36. The summed E-state index contributed by atoms with van der Waals surface area (Å²) in [6, 6.07) is 10.0. The van der Waals surface area contributed by atoms with Crippen molar-refractivity contribution in [2.75, 3.05) is 20.3 Å². The number of fused-ring (bicyclic) bond motifs is 6. The Morgan fingerprint density at radius 1 is 1.27 bits per heavy atom. The van der Waals surface area contributed by atoms with E-state index in [0.717, 1.165) is 51.4 Å². The Balaban J connectivity index is 1.53. The molecule has 45 heavy (non-hydrogen) atoms. The molecule has 1 amide bonds. The summed E-state index contributed by atoms with van der Waals surface area (Å²) >= 11 is 1.37. The van der Waals surface area contributed by atoms with E-state index in [1.807, 2.05) is 19.2 Å². The maximum absolute atomic E-state index is 13.4. The highest BCUT2D eigenvalue weighted by atomic mass is 32.1. The van der Waals surface area contributed by atoms with Crippen LogP contribution in [0.15, 0.2) is 36.5 Å². The number of methoxy groups -OCH3 is 1. The molecule has 3 atom stereocenters. The van der Waals surface area contributed by atoms with Crippen molar-refractivity contribution in [1.82, 2.24) is 29.3 Å². The third-order valence-electron chi connectivity index (χ3n) is 8.94. The van der Waals surface area contributed by atoms with E-state index >= 15 is 0 Å². The van der Waals surface area contributed by atoms with Crippen LogP contribution < -0.4 is 5.43 Å². The van der Waals surface area contributed by atoms with Crippen LogP contribution in [0.3, 0.4) is 0 Å². The predicted molar refractivity (Wildman–Crippen MR) is 179 cm³/mol. The van der Waals surface area contributed by atoms with Gasteiger partial charge in [-0.05, 0) is 80.5 Å². The molecule has 1 N–H and O–H groups in total. The molecular weight excluding hydrogens is 605 g/mol. The third kappa shape index (κ3) is 6.20. The minimum atomic E-state index is -0.552. The Morgan fingerprint density at radius 3 is 2.87 bits per heavy atom. The molecule has 2 aliphatic heterocycles. The second kappa shape index (κ2) is 12.7. The first-order chi connectivity index (χ1) is 21.6. The lowest BCUT2D eigenvalue weighted by Crippen LogP contribution is -2.56. The molecule has 6 bridgehead atoms. The fourth-order valence-corrected chi connectivity index (χ4v) is 7.88. The van der Waals surface area contributed by atoms with Crippen molar-refractivity contribution >= 4 is 44.6 Å². The van der Waals surface area contributed by atoms with E-state index in [1.54, 1.807) is 12.1 Å². The van der Waals surface area contributed by atoms with Gasteiger partial charge >= 0.3 is 5.97 Å². The highest BCUT2D eigenvalue weighted by Crippen LogP contribution is 2.42. The molecule has 1 fully saturated rings. The first kappa shape index (κ1) is 31.5. The van der Waals surface area contributed by atoms with Gasteiger partial charge in [-0.15, -0.1) is 0 Å². The summed E-state index contributed by atoms with van der Waals surface area (Å²) in [5, 5.41) is 3.58. The van der Waals surface area contributed by atoms with Crippen molar-refractivity contribution < 1.29 is 19.1 Å². The van der Waals surface area contributed by atoms with Gasteiger partial charge in [0.2, 0.25) is 5.91 Å². The van der Waals surface area contributed by atoms with Crippen molar-refractivity contribution in [2.45, 2.75) is 77.6 Å². The normalized spacial score (nSPS) is 21.5. The number of carbonyl (C=O) groups excluding carboxylic acids is 2. The lowest BCUT2D eigenvalue weighted by molar-refractivity contribution is -0.154. The first-order valence-electron chi connectivity index (χ1n) is 15.8. The van der Waals surface area contributed by atoms with E-state index in [4.69, 9.17) is 19.4 Å². The van der Waals surface area contributed by atoms with E-state index in [1.165, 1.54) is 17.1 Å². The summed E-state index contributed by atoms with van der Waals surface area (Å²) in [5.41, 5.74) is 8.87. The van der Waals surface area contributed by atoms with Gasteiger partial charge in [-0.1, -0.05) is 13.8 Å². The number of nitrogens with one attached hydrogen (secondary N) is 1. The van der Waals surface area contributed by atoms with Crippen LogP contribution in [0.1, 0.15) is 63.7 Å². The summed E-state index contributed by atoms with van der Waals surface area (Å²) in [6.07, 6.45) is 4.13. The van der Waals surface area contributed by atoms with Crippen molar-refractivity contribution in [3.63, 3.8) is 0 Å². The van der Waals surface area contributed by atoms with Crippen LogP contribution in [0.4, 0.5) is 0 Å². The van der Waals surface area contributed by atoms with Gasteiger partial charge < -0.3 is 14.0 Å². The molecule has 2 aliphatic rings. The predicted octanol–water partition coefficient (Wildman–Crippen LogP) is 4.27. The van der Waals surface area contributed by atoms with Crippen LogP contribution >= 0.6 is 11.5 Å². The minimum Gasteiger partial charge on any atom is -0.464 e. The Hall–Kier alpha value is -3.45.